The molecule has 0 saturated carbocycles. The summed E-state index contributed by atoms with van der Waals surface area (Å²) in [4.78, 5) is 16.3. The first-order valence-electron chi connectivity index (χ1n) is 6.66. The molecule has 0 aliphatic rings. The Morgan fingerprint density at radius 2 is 2.17 bits per heavy atom. The van der Waals surface area contributed by atoms with Gasteiger partial charge in [-0.05, 0) is 37.3 Å². The molecule has 0 unspecified atom stereocenters. The van der Waals surface area contributed by atoms with Gasteiger partial charge >= 0.3 is 0 Å². The third-order valence-corrected chi connectivity index (χ3v) is 3.17. The van der Waals surface area contributed by atoms with Crippen molar-refractivity contribution >= 4 is 34.7 Å². The van der Waals surface area contributed by atoms with Crippen molar-refractivity contribution in [3.8, 4) is 6.07 Å². The van der Waals surface area contributed by atoms with Gasteiger partial charge in [0.05, 0.1) is 10.7 Å². The summed E-state index contributed by atoms with van der Waals surface area (Å²) in [5.74, 6) is -0.0459. The summed E-state index contributed by atoms with van der Waals surface area (Å²) in [5, 5.41) is 14.8. The number of nitriles is 1. The lowest BCUT2D eigenvalue weighted by Crippen LogP contribution is -2.15. The van der Waals surface area contributed by atoms with Crippen molar-refractivity contribution < 1.29 is 4.79 Å². The summed E-state index contributed by atoms with van der Waals surface area (Å²) >= 11 is 5.99. The van der Waals surface area contributed by atoms with Crippen LogP contribution in [0.25, 0.3) is 0 Å². The zero-order chi connectivity index (χ0) is 16.8. The normalized spacial score (nSPS) is 10.7. The number of benzene rings is 1. The summed E-state index contributed by atoms with van der Waals surface area (Å²) in [5.41, 5.74) is 7.16. The van der Waals surface area contributed by atoms with E-state index in [4.69, 9.17) is 22.6 Å². The van der Waals surface area contributed by atoms with Crippen molar-refractivity contribution in [3.05, 3.63) is 58.9 Å². The molecular formula is C16H14ClN5O. The molecule has 7 heteroatoms. The van der Waals surface area contributed by atoms with Gasteiger partial charge < -0.3 is 16.4 Å². The van der Waals surface area contributed by atoms with Gasteiger partial charge in [-0.2, -0.15) is 5.26 Å². The summed E-state index contributed by atoms with van der Waals surface area (Å²) in [6.45, 7) is 1.84. The average Bonchev–Trinajstić information content (AvgIpc) is 2.51. The van der Waals surface area contributed by atoms with Gasteiger partial charge in [-0.1, -0.05) is 17.7 Å². The lowest BCUT2D eigenvalue weighted by Gasteiger charge is -2.07. The Bertz CT molecular complexity index is 810. The maximum Gasteiger partial charge on any atom is 0.267 e. The Morgan fingerprint density at radius 1 is 1.39 bits per heavy atom. The summed E-state index contributed by atoms with van der Waals surface area (Å²) in [6, 6.07) is 11.9. The van der Waals surface area contributed by atoms with Crippen molar-refractivity contribution in [3.63, 3.8) is 0 Å². The minimum atomic E-state index is -0.584. The number of nitrogen functional groups attached to an aromatic ring is 1. The van der Waals surface area contributed by atoms with Crippen LogP contribution in [0.5, 0.6) is 0 Å². The second-order valence-electron chi connectivity index (χ2n) is 4.67. The standard InChI is InChI=1S/C16H14ClN5O/c1-10-3-2-4-15(21-10)20-9-11(8-18)16(23)22-14-6-5-12(19)7-13(14)17/h2-7,9H,19H2,1H3,(H,20,21)(H,22,23)/b11-9-. The molecule has 0 spiro atoms. The maximum absolute atomic E-state index is 12.1. The predicted octanol–water partition coefficient (Wildman–Crippen LogP) is 3.08. The van der Waals surface area contributed by atoms with E-state index in [1.54, 1.807) is 18.2 Å². The van der Waals surface area contributed by atoms with Crippen LogP contribution in [0.4, 0.5) is 17.2 Å². The van der Waals surface area contributed by atoms with E-state index in [0.717, 1.165) is 5.69 Å². The van der Waals surface area contributed by atoms with Gasteiger partial charge in [-0.15, -0.1) is 0 Å². The van der Waals surface area contributed by atoms with E-state index in [0.29, 0.717) is 22.2 Å². The minimum absolute atomic E-state index is 0.110. The van der Waals surface area contributed by atoms with Crippen molar-refractivity contribution in [1.82, 2.24) is 4.98 Å². The molecule has 6 nitrogen and oxygen atoms in total. The molecule has 0 atom stereocenters. The molecule has 0 aliphatic heterocycles. The SMILES string of the molecule is Cc1cccc(N/C=C(/C#N)C(=O)Nc2ccc(N)cc2Cl)n1. The van der Waals surface area contributed by atoms with Crippen LogP contribution in [-0.4, -0.2) is 10.9 Å². The highest BCUT2D eigenvalue weighted by molar-refractivity contribution is 6.34. The molecule has 1 heterocycles. The molecule has 23 heavy (non-hydrogen) atoms. The molecule has 1 aromatic heterocycles. The van der Waals surface area contributed by atoms with Crippen LogP contribution >= 0.6 is 11.6 Å². The number of rotatable bonds is 4. The summed E-state index contributed by atoms with van der Waals surface area (Å²) in [6.07, 6.45) is 1.29. The minimum Gasteiger partial charge on any atom is -0.399 e. The molecule has 0 bridgehead atoms. The van der Waals surface area contributed by atoms with Crippen LogP contribution in [0.3, 0.4) is 0 Å². The molecule has 4 N–H and O–H groups in total. The molecule has 0 fully saturated rings. The fraction of sp³-hybridized carbons (Fsp3) is 0.0625. The molecular weight excluding hydrogens is 314 g/mol. The Kier molecular flexibility index (Phi) is 5.18. The number of carbonyl (C=O) groups excluding carboxylic acids is 1. The number of amides is 1. The number of aryl methyl sites for hydroxylation is 1. The average molecular weight is 328 g/mol. The predicted molar refractivity (Wildman–Crippen MR) is 90.8 cm³/mol. The summed E-state index contributed by atoms with van der Waals surface area (Å²) in [7, 11) is 0. The number of hydrogen-bond donors (Lipinski definition) is 3. The lowest BCUT2D eigenvalue weighted by atomic mass is 10.2. The quantitative estimate of drug-likeness (QED) is 0.455. The van der Waals surface area contributed by atoms with Gasteiger partial charge in [-0.3, -0.25) is 4.79 Å². The number of carbonyl (C=O) groups is 1. The number of hydrogen-bond acceptors (Lipinski definition) is 5. The van der Waals surface area contributed by atoms with Crippen LogP contribution in [0.1, 0.15) is 5.69 Å². The van der Waals surface area contributed by atoms with Crippen LogP contribution < -0.4 is 16.4 Å². The van der Waals surface area contributed by atoms with Crippen LogP contribution in [0.15, 0.2) is 48.2 Å². The van der Waals surface area contributed by atoms with Gasteiger partial charge in [0.15, 0.2) is 0 Å². The monoisotopic (exact) mass is 327 g/mol. The molecule has 1 amide bonds. The van der Waals surface area contributed by atoms with Gasteiger partial charge in [0.25, 0.3) is 5.91 Å². The van der Waals surface area contributed by atoms with Gasteiger partial charge in [0.1, 0.15) is 17.5 Å². The van der Waals surface area contributed by atoms with E-state index in [1.165, 1.54) is 12.3 Å². The Hall–Kier alpha value is -3.04. The third-order valence-electron chi connectivity index (χ3n) is 2.86. The van der Waals surface area contributed by atoms with Crippen molar-refractivity contribution in [2.24, 2.45) is 0 Å². The molecule has 0 radical (unpaired) electrons. The topological polar surface area (TPSA) is 104 Å². The fourth-order valence-corrected chi connectivity index (χ4v) is 1.98. The Balaban J connectivity index is 2.12. The number of nitrogens with one attached hydrogen (secondary N) is 2. The summed E-state index contributed by atoms with van der Waals surface area (Å²) < 4.78 is 0. The number of nitrogens with zero attached hydrogens (tertiary/aromatic N) is 2. The smallest absolute Gasteiger partial charge is 0.267 e. The van der Waals surface area contributed by atoms with Crippen molar-refractivity contribution in [1.29, 1.82) is 5.26 Å². The van der Waals surface area contributed by atoms with Crippen LogP contribution in [0, 0.1) is 18.3 Å². The Labute approximate surface area is 138 Å². The first kappa shape index (κ1) is 16.3. The number of halogens is 1. The third kappa shape index (κ3) is 4.46. The number of aromatic nitrogens is 1. The zero-order valence-electron chi connectivity index (χ0n) is 12.3. The maximum atomic E-state index is 12.1. The number of pyridine rings is 1. The zero-order valence-corrected chi connectivity index (χ0v) is 13.1. The second kappa shape index (κ2) is 7.29. The second-order valence-corrected chi connectivity index (χ2v) is 5.08. The number of anilines is 3. The van der Waals surface area contributed by atoms with E-state index in [2.05, 4.69) is 15.6 Å². The van der Waals surface area contributed by atoms with Crippen molar-refractivity contribution in [2.75, 3.05) is 16.4 Å². The first-order chi connectivity index (χ1) is 11.0. The molecule has 116 valence electrons. The van der Waals surface area contributed by atoms with Gasteiger partial charge in [0.2, 0.25) is 0 Å². The molecule has 1 aromatic carbocycles. The molecule has 0 saturated heterocycles. The van der Waals surface area contributed by atoms with E-state index < -0.39 is 5.91 Å². The van der Waals surface area contributed by atoms with E-state index in [-0.39, 0.29) is 5.57 Å². The van der Waals surface area contributed by atoms with Crippen LogP contribution in [-0.2, 0) is 4.79 Å². The van der Waals surface area contributed by atoms with E-state index in [1.807, 2.05) is 25.1 Å². The fourth-order valence-electron chi connectivity index (χ4n) is 1.74. The van der Waals surface area contributed by atoms with E-state index >= 15 is 0 Å². The first-order valence-corrected chi connectivity index (χ1v) is 7.04. The highest BCUT2D eigenvalue weighted by Gasteiger charge is 2.11. The molecule has 2 rings (SSSR count). The number of nitrogens with two attached hydrogens (primary N) is 1. The highest BCUT2D eigenvalue weighted by Crippen LogP contribution is 2.24. The largest absolute Gasteiger partial charge is 0.399 e. The highest BCUT2D eigenvalue weighted by atomic mass is 35.5. The van der Waals surface area contributed by atoms with Gasteiger partial charge in [0, 0.05) is 17.6 Å². The lowest BCUT2D eigenvalue weighted by molar-refractivity contribution is -0.112. The van der Waals surface area contributed by atoms with Crippen LogP contribution in [0.2, 0.25) is 5.02 Å². The molecule has 0 aliphatic carbocycles. The van der Waals surface area contributed by atoms with E-state index in [9.17, 15) is 4.79 Å². The molecule has 2 aromatic rings. The van der Waals surface area contributed by atoms with Gasteiger partial charge in [-0.25, -0.2) is 4.98 Å². The van der Waals surface area contributed by atoms with Crippen molar-refractivity contribution in [2.45, 2.75) is 6.92 Å². The Morgan fingerprint density at radius 3 is 2.83 bits per heavy atom.